The van der Waals surface area contributed by atoms with E-state index in [1.807, 2.05) is 6.08 Å². The van der Waals surface area contributed by atoms with Gasteiger partial charge in [0.05, 0.1) is 11.1 Å². The number of unbranched alkanes of at least 4 members (excludes halogenated alkanes) is 2. The van der Waals surface area contributed by atoms with Crippen LogP contribution in [-0.2, 0) is 10.2 Å². The van der Waals surface area contributed by atoms with Crippen LogP contribution in [0, 0.1) is 0 Å². The molecule has 0 aliphatic carbocycles. The first kappa shape index (κ1) is 30.1. The molecule has 3 aromatic rings. The summed E-state index contributed by atoms with van der Waals surface area (Å²) in [4.78, 5) is 10.0. The maximum Gasteiger partial charge on any atom is 0.104 e. The maximum atomic E-state index is 5.73. The lowest BCUT2D eigenvalue weighted by molar-refractivity contribution is 0.0630. The van der Waals surface area contributed by atoms with Crippen LogP contribution < -0.4 is 4.90 Å². The van der Waals surface area contributed by atoms with Gasteiger partial charge >= 0.3 is 0 Å². The van der Waals surface area contributed by atoms with Crippen LogP contribution in [0.15, 0.2) is 60.5 Å². The molecular formula is C33H47N3OS. The Hall–Kier alpha value is -2.47. The molecule has 0 unspecified atom stereocenters. The van der Waals surface area contributed by atoms with Gasteiger partial charge in [-0.05, 0) is 43.1 Å². The second kappa shape index (κ2) is 14.6. The fourth-order valence-corrected chi connectivity index (χ4v) is 6.28. The normalized spacial score (nSPS) is 17.2. The molecule has 2 aromatic carbocycles. The molecule has 0 atom stereocenters. The lowest BCUT2D eigenvalue weighted by Gasteiger charge is -2.36. The molecule has 0 amide bonds. The van der Waals surface area contributed by atoms with Crippen molar-refractivity contribution in [1.29, 1.82) is 0 Å². The molecule has 1 aromatic heterocycles. The van der Waals surface area contributed by atoms with Gasteiger partial charge in [0, 0.05) is 56.0 Å². The Labute approximate surface area is 235 Å². The lowest BCUT2D eigenvalue weighted by Crippen LogP contribution is -2.44. The first-order chi connectivity index (χ1) is 18.1. The number of anilines is 1. The second-order valence-corrected chi connectivity index (χ2v) is 11.1. The van der Waals surface area contributed by atoms with Gasteiger partial charge in [0.2, 0.25) is 0 Å². The fourth-order valence-electron chi connectivity index (χ4n) is 5.17. The Morgan fingerprint density at radius 2 is 1.58 bits per heavy atom. The van der Waals surface area contributed by atoms with Gasteiger partial charge < -0.3 is 14.5 Å². The SMILES string of the molecule is C.C=Cc1ccc(C2(c3nc(-c4ccc(N5CCN(C)CC5)cc4)cs3)CCOCC2)cc1.CCCCC. The summed E-state index contributed by atoms with van der Waals surface area (Å²) in [5, 5.41) is 3.42. The third-order valence-corrected chi connectivity index (χ3v) is 8.74. The highest BCUT2D eigenvalue weighted by Crippen LogP contribution is 2.43. The molecule has 5 rings (SSSR count). The molecule has 206 valence electrons. The minimum atomic E-state index is -0.0688. The van der Waals surface area contributed by atoms with Crippen LogP contribution in [0.2, 0.25) is 0 Å². The fraction of sp³-hybridized carbons (Fsp3) is 0.485. The lowest BCUT2D eigenvalue weighted by atomic mass is 9.74. The summed E-state index contributed by atoms with van der Waals surface area (Å²) in [6, 6.07) is 17.7. The second-order valence-electron chi connectivity index (χ2n) is 10.2. The Bertz CT molecular complexity index is 1090. The highest BCUT2D eigenvalue weighted by atomic mass is 32.1. The molecule has 2 fully saturated rings. The van der Waals surface area contributed by atoms with Gasteiger partial charge in [-0.3, -0.25) is 0 Å². The van der Waals surface area contributed by atoms with Crippen LogP contribution in [0.25, 0.3) is 17.3 Å². The molecule has 0 bridgehead atoms. The number of likely N-dealkylation sites (N-methyl/N-ethyl adjacent to an activating group) is 1. The van der Waals surface area contributed by atoms with Crippen molar-refractivity contribution in [3.63, 3.8) is 0 Å². The predicted molar refractivity (Wildman–Crippen MR) is 167 cm³/mol. The van der Waals surface area contributed by atoms with E-state index in [1.165, 1.54) is 41.1 Å². The van der Waals surface area contributed by atoms with Crippen molar-refractivity contribution >= 4 is 23.1 Å². The number of benzene rings is 2. The monoisotopic (exact) mass is 533 g/mol. The molecule has 5 heteroatoms. The maximum absolute atomic E-state index is 5.73. The van der Waals surface area contributed by atoms with E-state index >= 15 is 0 Å². The zero-order valence-corrected chi connectivity index (χ0v) is 23.7. The molecule has 0 spiro atoms. The Balaban J connectivity index is 0.000000612. The average Bonchev–Trinajstić information content (AvgIpc) is 3.46. The quantitative estimate of drug-likeness (QED) is 0.306. The molecule has 2 saturated heterocycles. The molecule has 0 N–H and O–H groups in total. The number of hydrogen-bond acceptors (Lipinski definition) is 5. The average molecular weight is 534 g/mol. The molecule has 38 heavy (non-hydrogen) atoms. The third-order valence-electron chi connectivity index (χ3n) is 7.70. The van der Waals surface area contributed by atoms with Crippen LogP contribution in [0.3, 0.4) is 0 Å². The van der Waals surface area contributed by atoms with Crippen molar-refractivity contribution in [2.75, 3.05) is 51.3 Å². The summed E-state index contributed by atoms with van der Waals surface area (Å²) in [7, 11) is 2.19. The van der Waals surface area contributed by atoms with Crippen molar-refractivity contribution < 1.29 is 4.74 Å². The molecule has 3 heterocycles. The number of rotatable bonds is 7. The number of nitrogens with zero attached hydrogens (tertiary/aromatic N) is 3. The van der Waals surface area contributed by atoms with Gasteiger partial charge in [0.1, 0.15) is 5.01 Å². The predicted octanol–water partition coefficient (Wildman–Crippen LogP) is 8.13. The first-order valence-electron chi connectivity index (χ1n) is 13.9. The van der Waals surface area contributed by atoms with E-state index in [-0.39, 0.29) is 12.8 Å². The Morgan fingerprint density at radius 3 is 2.13 bits per heavy atom. The van der Waals surface area contributed by atoms with E-state index in [2.05, 4.69) is 91.2 Å². The number of hydrogen-bond donors (Lipinski definition) is 0. The van der Waals surface area contributed by atoms with E-state index < -0.39 is 0 Å². The molecule has 2 aliphatic rings. The highest BCUT2D eigenvalue weighted by molar-refractivity contribution is 7.10. The van der Waals surface area contributed by atoms with Crippen molar-refractivity contribution in [2.45, 2.75) is 58.8 Å². The summed E-state index contributed by atoms with van der Waals surface area (Å²) >= 11 is 1.78. The summed E-state index contributed by atoms with van der Waals surface area (Å²) in [6.45, 7) is 14.3. The smallest absolute Gasteiger partial charge is 0.104 e. The summed E-state index contributed by atoms with van der Waals surface area (Å²) < 4.78 is 5.73. The van der Waals surface area contributed by atoms with Crippen LogP contribution in [-0.4, -0.2) is 56.3 Å². The summed E-state index contributed by atoms with van der Waals surface area (Å²) in [6.07, 6.45) is 7.91. The third kappa shape index (κ3) is 7.13. The Kier molecular flexibility index (Phi) is 11.6. The van der Waals surface area contributed by atoms with Crippen LogP contribution in [0.4, 0.5) is 5.69 Å². The minimum Gasteiger partial charge on any atom is -0.381 e. The summed E-state index contributed by atoms with van der Waals surface area (Å²) in [5.41, 5.74) is 5.98. The molecule has 0 radical (unpaired) electrons. The van der Waals surface area contributed by atoms with E-state index in [0.29, 0.717) is 0 Å². The van der Waals surface area contributed by atoms with E-state index in [1.54, 1.807) is 11.3 Å². The van der Waals surface area contributed by atoms with Gasteiger partial charge in [-0.1, -0.05) is 89.6 Å². The van der Waals surface area contributed by atoms with Crippen LogP contribution >= 0.6 is 11.3 Å². The molecule has 0 saturated carbocycles. The Morgan fingerprint density at radius 1 is 0.947 bits per heavy atom. The highest BCUT2D eigenvalue weighted by Gasteiger charge is 2.39. The van der Waals surface area contributed by atoms with Gasteiger partial charge in [-0.15, -0.1) is 11.3 Å². The standard InChI is InChI=1S/C27H31N3OS.C5H12.CH4/c1-3-21-4-8-23(9-5-21)27(12-18-31-19-13-27)26-28-25(20-32-26)22-6-10-24(11-7-22)30-16-14-29(2)15-17-30;1-3-5-4-2;/h3-11,20H,1,12-19H2,2H3;3-5H2,1-2H3;1H4. The summed E-state index contributed by atoms with van der Waals surface area (Å²) in [5.74, 6) is 0. The van der Waals surface area contributed by atoms with Gasteiger partial charge in [-0.25, -0.2) is 4.98 Å². The molecule has 4 nitrogen and oxygen atoms in total. The van der Waals surface area contributed by atoms with Gasteiger partial charge in [0.15, 0.2) is 0 Å². The topological polar surface area (TPSA) is 28.6 Å². The zero-order valence-electron chi connectivity index (χ0n) is 22.9. The number of thiazole rings is 1. The molecule has 2 aliphatic heterocycles. The van der Waals surface area contributed by atoms with Crippen molar-refractivity contribution in [3.8, 4) is 11.3 Å². The van der Waals surface area contributed by atoms with E-state index in [9.17, 15) is 0 Å². The zero-order chi connectivity index (χ0) is 26.1. The van der Waals surface area contributed by atoms with E-state index in [4.69, 9.17) is 9.72 Å². The van der Waals surface area contributed by atoms with Crippen molar-refractivity contribution in [1.82, 2.24) is 9.88 Å². The van der Waals surface area contributed by atoms with E-state index in [0.717, 1.165) is 63.5 Å². The number of aromatic nitrogens is 1. The first-order valence-corrected chi connectivity index (χ1v) is 14.8. The number of piperazine rings is 1. The van der Waals surface area contributed by atoms with Crippen LogP contribution in [0.1, 0.15) is 69.5 Å². The van der Waals surface area contributed by atoms with Gasteiger partial charge in [0.25, 0.3) is 0 Å². The van der Waals surface area contributed by atoms with Crippen LogP contribution in [0.5, 0.6) is 0 Å². The van der Waals surface area contributed by atoms with Crippen molar-refractivity contribution in [3.05, 3.63) is 76.6 Å². The minimum absolute atomic E-state index is 0. The van der Waals surface area contributed by atoms with Crippen molar-refractivity contribution in [2.24, 2.45) is 0 Å². The number of ether oxygens (including phenoxy) is 1. The molecular weight excluding hydrogens is 486 g/mol. The largest absolute Gasteiger partial charge is 0.381 e. The van der Waals surface area contributed by atoms with Gasteiger partial charge in [-0.2, -0.15) is 0 Å².